The number of aliphatic carboxylic acids is 1. The van der Waals surface area contributed by atoms with Crippen LogP contribution in [0, 0.1) is 5.92 Å². The molecule has 5 unspecified atom stereocenters. The van der Waals surface area contributed by atoms with Crippen LogP contribution in [-0.2, 0) is 46.4 Å². The standard InChI is InChI=1S/C40H57N9O10/c41-35(55)29(20-26-13-15-27(51)16-14-26)47-36(56)28(12-7-19-44-40(42)43)46-39(59)32(23-50)49-38(58)31(22-25-10-5-2-6-11-25)48-37(57)30(21-24-8-3-1-4-9-24)45-33(52)17-18-34(53)54/h2,5-6,10-11,13-16,24,28-32,50-51H,1,3-4,7-9,12,17-23H2,(H2,41,55)(H,45,52)(H,46,59)(H,47,56)(H,48,57)(H,49,58)(H,53,54)(H4,42,43,44). The monoisotopic (exact) mass is 823 g/mol. The molecule has 0 aliphatic heterocycles. The Bertz CT molecular complexity index is 1750. The van der Waals surface area contributed by atoms with E-state index in [4.69, 9.17) is 22.3 Å². The summed E-state index contributed by atoms with van der Waals surface area (Å²) in [6, 6.07) is 8.01. The van der Waals surface area contributed by atoms with E-state index in [1.165, 1.54) is 12.1 Å². The molecule has 6 amide bonds. The van der Waals surface area contributed by atoms with E-state index in [2.05, 4.69) is 31.6 Å². The van der Waals surface area contributed by atoms with Crippen molar-refractivity contribution < 1.29 is 48.9 Å². The highest BCUT2D eigenvalue weighted by molar-refractivity contribution is 5.96. The van der Waals surface area contributed by atoms with E-state index in [1.54, 1.807) is 42.5 Å². The maximum Gasteiger partial charge on any atom is 0.303 e. The van der Waals surface area contributed by atoms with E-state index in [1.807, 2.05) is 0 Å². The fourth-order valence-corrected chi connectivity index (χ4v) is 6.68. The summed E-state index contributed by atoms with van der Waals surface area (Å²) in [5, 5.41) is 41.8. The number of nitrogens with zero attached hydrogens (tertiary/aromatic N) is 1. The highest BCUT2D eigenvalue weighted by Gasteiger charge is 2.33. The number of phenolic OH excluding ortho intramolecular Hbond substituents is 1. The number of aromatic hydroxyl groups is 1. The number of hydrogen-bond acceptors (Lipinski definition) is 10. The molecule has 1 aliphatic rings. The largest absolute Gasteiger partial charge is 0.508 e. The molecular weight excluding hydrogens is 766 g/mol. The van der Waals surface area contributed by atoms with Gasteiger partial charge in [0, 0.05) is 25.8 Å². The molecule has 1 saturated carbocycles. The molecule has 3 rings (SSSR count). The number of carboxylic acid groups (broad SMARTS) is 1. The lowest BCUT2D eigenvalue weighted by atomic mass is 9.84. The zero-order valence-corrected chi connectivity index (χ0v) is 32.9. The fourth-order valence-electron chi connectivity index (χ4n) is 6.68. The van der Waals surface area contributed by atoms with Gasteiger partial charge in [0.15, 0.2) is 5.96 Å². The predicted molar refractivity (Wildman–Crippen MR) is 216 cm³/mol. The van der Waals surface area contributed by atoms with E-state index in [0.29, 0.717) is 11.1 Å². The van der Waals surface area contributed by atoms with Gasteiger partial charge in [0.2, 0.25) is 35.4 Å². The van der Waals surface area contributed by atoms with Crippen molar-refractivity contribution in [2.75, 3.05) is 13.2 Å². The van der Waals surface area contributed by atoms with Crippen molar-refractivity contribution in [3.05, 3.63) is 65.7 Å². The van der Waals surface area contributed by atoms with Gasteiger partial charge in [0.1, 0.15) is 36.0 Å². The SMILES string of the molecule is NC(=O)C(Cc1ccc(O)cc1)NC(=O)C(CCCN=C(N)N)NC(=O)C(CO)NC(=O)C(Cc1ccccc1)NC(=O)C(CC1CCCCC1)NC(=O)CCC(=O)O. The van der Waals surface area contributed by atoms with Crippen molar-refractivity contribution in [3.8, 4) is 5.75 Å². The van der Waals surface area contributed by atoms with Crippen molar-refractivity contribution in [1.29, 1.82) is 0 Å². The van der Waals surface area contributed by atoms with Crippen LogP contribution in [0.5, 0.6) is 5.75 Å². The average Bonchev–Trinajstić information content (AvgIpc) is 3.20. The number of aliphatic hydroxyl groups excluding tert-OH is 1. The normalized spacial score (nSPS) is 15.2. The Kier molecular flexibility index (Phi) is 19.6. The Hall–Kier alpha value is -6.24. The van der Waals surface area contributed by atoms with Gasteiger partial charge in [-0.1, -0.05) is 74.6 Å². The van der Waals surface area contributed by atoms with E-state index in [0.717, 1.165) is 32.1 Å². The number of carboxylic acids is 1. The third-order valence-electron chi connectivity index (χ3n) is 9.86. The van der Waals surface area contributed by atoms with Crippen molar-refractivity contribution in [1.82, 2.24) is 26.6 Å². The summed E-state index contributed by atoms with van der Waals surface area (Å²) in [6.07, 6.45) is 4.19. The first kappa shape index (κ1) is 47.1. The molecule has 0 aromatic heterocycles. The lowest BCUT2D eigenvalue weighted by Crippen LogP contribution is -2.60. The number of amides is 6. The second-order valence-electron chi connectivity index (χ2n) is 14.6. The minimum absolute atomic E-state index is 0.00595. The van der Waals surface area contributed by atoms with Gasteiger partial charge in [0.25, 0.3) is 0 Å². The molecule has 0 radical (unpaired) electrons. The number of aliphatic hydroxyl groups is 1. The summed E-state index contributed by atoms with van der Waals surface area (Å²) in [5.74, 6) is -6.09. The molecular formula is C40H57N9O10. The number of phenols is 1. The van der Waals surface area contributed by atoms with Crippen LogP contribution in [0.4, 0.5) is 0 Å². The molecule has 1 fully saturated rings. The maximum atomic E-state index is 13.9. The fraction of sp³-hybridized carbons (Fsp3) is 0.500. The first-order valence-electron chi connectivity index (χ1n) is 19.6. The number of hydrogen-bond donors (Lipinski definition) is 11. The Morgan fingerprint density at radius 2 is 1.20 bits per heavy atom. The van der Waals surface area contributed by atoms with Crippen molar-refractivity contribution >= 4 is 47.4 Å². The van der Waals surface area contributed by atoms with Crippen LogP contribution < -0.4 is 43.8 Å². The third-order valence-corrected chi connectivity index (χ3v) is 9.86. The van der Waals surface area contributed by atoms with Crippen LogP contribution >= 0.6 is 0 Å². The first-order chi connectivity index (χ1) is 28.1. The molecule has 19 nitrogen and oxygen atoms in total. The van der Waals surface area contributed by atoms with E-state index >= 15 is 0 Å². The number of nitrogens with two attached hydrogens (primary N) is 3. The highest BCUT2D eigenvalue weighted by atomic mass is 16.4. The Labute approximate surface area is 342 Å². The molecule has 1 aliphatic carbocycles. The second-order valence-corrected chi connectivity index (χ2v) is 14.6. The van der Waals surface area contributed by atoms with Crippen LogP contribution in [0.1, 0.15) is 75.3 Å². The van der Waals surface area contributed by atoms with Crippen LogP contribution in [-0.4, -0.2) is 106 Å². The highest BCUT2D eigenvalue weighted by Crippen LogP contribution is 2.27. The Balaban J connectivity index is 1.81. The molecule has 2 aromatic carbocycles. The summed E-state index contributed by atoms with van der Waals surface area (Å²) < 4.78 is 0. The summed E-state index contributed by atoms with van der Waals surface area (Å²) in [5.41, 5.74) is 17.6. The number of benzene rings is 2. The van der Waals surface area contributed by atoms with Crippen LogP contribution in [0.15, 0.2) is 59.6 Å². The number of primary amides is 1. The molecule has 0 bridgehead atoms. The molecule has 14 N–H and O–H groups in total. The second kappa shape index (κ2) is 24.5. The Morgan fingerprint density at radius 3 is 1.81 bits per heavy atom. The Morgan fingerprint density at radius 1 is 0.661 bits per heavy atom. The smallest absolute Gasteiger partial charge is 0.303 e. The summed E-state index contributed by atoms with van der Waals surface area (Å²) >= 11 is 0. The number of rotatable bonds is 24. The first-order valence-corrected chi connectivity index (χ1v) is 19.6. The molecule has 0 spiro atoms. The topological polar surface area (TPSA) is 331 Å². The zero-order valence-electron chi connectivity index (χ0n) is 32.9. The number of nitrogens with one attached hydrogen (secondary N) is 5. The van der Waals surface area contributed by atoms with Crippen molar-refractivity contribution in [3.63, 3.8) is 0 Å². The van der Waals surface area contributed by atoms with E-state index in [-0.39, 0.29) is 62.7 Å². The van der Waals surface area contributed by atoms with Gasteiger partial charge in [-0.25, -0.2) is 0 Å². The molecule has 0 heterocycles. The molecule has 5 atom stereocenters. The lowest BCUT2D eigenvalue weighted by molar-refractivity contribution is -0.139. The molecule has 322 valence electrons. The quantitative estimate of drug-likeness (QED) is 0.0344. The summed E-state index contributed by atoms with van der Waals surface area (Å²) in [4.78, 5) is 95.1. The van der Waals surface area contributed by atoms with Crippen molar-refractivity contribution in [2.24, 2.45) is 28.1 Å². The van der Waals surface area contributed by atoms with Gasteiger partial charge < -0.3 is 59.1 Å². The summed E-state index contributed by atoms with van der Waals surface area (Å²) in [7, 11) is 0. The number of aliphatic imine (C=N–C) groups is 1. The van der Waals surface area contributed by atoms with E-state index in [9.17, 15) is 43.8 Å². The average molecular weight is 824 g/mol. The molecule has 19 heteroatoms. The lowest BCUT2D eigenvalue weighted by Gasteiger charge is -2.29. The van der Waals surface area contributed by atoms with Crippen LogP contribution in [0.3, 0.4) is 0 Å². The minimum atomic E-state index is -1.62. The third kappa shape index (κ3) is 17.4. The molecule has 0 saturated heterocycles. The van der Waals surface area contributed by atoms with Crippen LogP contribution in [0.25, 0.3) is 0 Å². The van der Waals surface area contributed by atoms with Gasteiger partial charge in [0.05, 0.1) is 13.0 Å². The zero-order chi connectivity index (χ0) is 43.3. The van der Waals surface area contributed by atoms with Crippen molar-refractivity contribution in [2.45, 2.75) is 107 Å². The number of carbonyl (C=O) groups excluding carboxylic acids is 6. The predicted octanol–water partition coefficient (Wildman–Crippen LogP) is -1.03. The summed E-state index contributed by atoms with van der Waals surface area (Å²) in [6.45, 7) is -0.835. The maximum absolute atomic E-state index is 13.9. The molecule has 2 aromatic rings. The van der Waals surface area contributed by atoms with Crippen LogP contribution in [0.2, 0.25) is 0 Å². The minimum Gasteiger partial charge on any atom is -0.508 e. The number of guanidine groups is 1. The van der Waals surface area contributed by atoms with Gasteiger partial charge in [-0.05, 0) is 48.4 Å². The van der Waals surface area contributed by atoms with Gasteiger partial charge in [-0.3, -0.25) is 38.6 Å². The van der Waals surface area contributed by atoms with Gasteiger partial charge >= 0.3 is 5.97 Å². The van der Waals surface area contributed by atoms with Gasteiger partial charge in [-0.2, -0.15) is 0 Å². The molecule has 59 heavy (non-hydrogen) atoms. The van der Waals surface area contributed by atoms with Gasteiger partial charge in [-0.15, -0.1) is 0 Å². The number of carbonyl (C=O) groups is 7. The van der Waals surface area contributed by atoms with E-state index < -0.39 is 84.6 Å².